The number of aliphatic hydroxyl groups is 1. The van der Waals surface area contributed by atoms with Gasteiger partial charge in [0.15, 0.2) is 0 Å². The van der Waals surface area contributed by atoms with Gasteiger partial charge in [0.1, 0.15) is 18.1 Å². The number of ether oxygens (including phenoxy) is 3. The number of hydrogen-bond acceptors (Lipinski definition) is 6. The van der Waals surface area contributed by atoms with E-state index < -0.39 is 40.9 Å². The number of hydrogen-bond donors (Lipinski definition) is 3. The second-order valence-electron chi connectivity index (χ2n) is 16.2. The van der Waals surface area contributed by atoms with Gasteiger partial charge in [0.05, 0.1) is 29.9 Å². The lowest BCUT2D eigenvalue weighted by atomic mass is 9.84. The highest BCUT2D eigenvalue weighted by molar-refractivity contribution is 5.86. The molecule has 0 aromatic heterocycles. The highest BCUT2D eigenvalue weighted by Gasteiger charge is 2.39. The lowest BCUT2D eigenvalue weighted by molar-refractivity contribution is -0.0637. The molecule has 4 N–H and O–H groups in total. The van der Waals surface area contributed by atoms with E-state index in [1.165, 1.54) is 0 Å². The Morgan fingerprint density at radius 3 is 1.61 bits per heavy atom. The van der Waals surface area contributed by atoms with E-state index in [4.69, 9.17) is 19.9 Å². The predicted octanol–water partition coefficient (Wildman–Crippen LogP) is 9.99. The molecule has 1 aliphatic heterocycles. The van der Waals surface area contributed by atoms with E-state index in [0.717, 1.165) is 58.0 Å². The first-order valence-corrected chi connectivity index (χ1v) is 18.9. The van der Waals surface area contributed by atoms with Crippen molar-refractivity contribution < 1.29 is 41.7 Å². The molecule has 2 atom stereocenters. The van der Waals surface area contributed by atoms with E-state index in [2.05, 4.69) is 5.32 Å². The minimum Gasteiger partial charge on any atom is -0.490 e. The maximum absolute atomic E-state index is 13.5. The van der Waals surface area contributed by atoms with Gasteiger partial charge in [0, 0.05) is 11.8 Å². The molecule has 1 saturated heterocycles. The van der Waals surface area contributed by atoms with Crippen molar-refractivity contribution in [2.24, 2.45) is 17.6 Å². The van der Waals surface area contributed by atoms with Crippen molar-refractivity contribution in [2.45, 2.75) is 114 Å². The summed E-state index contributed by atoms with van der Waals surface area (Å²) >= 11 is 0. The van der Waals surface area contributed by atoms with Crippen molar-refractivity contribution in [2.75, 3.05) is 13.2 Å². The molecule has 11 heteroatoms. The molecule has 1 heterocycles. The molecule has 2 saturated carbocycles. The Kier molecular flexibility index (Phi) is 11.4. The van der Waals surface area contributed by atoms with Crippen molar-refractivity contribution >= 4 is 27.6 Å². The summed E-state index contributed by atoms with van der Waals surface area (Å²) in [7, 11) is 0. The Morgan fingerprint density at radius 2 is 1.17 bits per heavy atom. The molecule has 4 aromatic rings. The van der Waals surface area contributed by atoms with Gasteiger partial charge in [0.2, 0.25) is 11.8 Å². The van der Waals surface area contributed by atoms with Crippen LogP contribution in [-0.2, 0) is 15.8 Å². The van der Waals surface area contributed by atoms with Gasteiger partial charge in [-0.15, -0.1) is 0 Å². The van der Waals surface area contributed by atoms with E-state index in [-0.39, 0.29) is 18.8 Å². The Bertz CT molecular complexity index is 1930. The highest BCUT2D eigenvalue weighted by atomic mass is 19.3. The highest BCUT2D eigenvalue weighted by Crippen LogP contribution is 2.39. The molecule has 7 rings (SSSR count). The number of cyclic esters (lactones) is 1. The smallest absolute Gasteiger partial charge is 0.408 e. The summed E-state index contributed by atoms with van der Waals surface area (Å²) in [5, 5.41) is 16.4. The standard InChI is InChI=1S/C22H25F2NO3.C21H27F2NO2/c1-21(13-27-20(26)25-21)17-5-3-15-12-19(8-4-14(15)11-17)28-18-9-6-16(7-10-18)22(2,23)24;1-20(24,13-25)17-5-3-15-12-19(8-4-14(15)11-17)26-18-9-6-16(7-10-18)21(2,22)23/h3-5,8,11-12,16,18H,6-7,9-10,13H2,1-2H3,(H,25,26);3-5,8,11-12,16,18,25H,6-7,9-10,13,24H2,1-2H3/t16?,18?,21-;16?,18?,20-/m00/s1. The van der Waals surface area contributed by atoms with Crippen LogP contribution < -0.4 is 20.5 Å². The number of fused-ring (bicyclic) bond motifs is 2. The van der Waals surface area contributed by atoms with Crippen LogP contribution in [0.2, 0.25) is 0 Å². The number of nitrogens with one attached hydrogen (secondary N) is 1. The molecule has 0 bridgehead atoms. The summed E-state index contributed by atoms with van der Waals surface area (Å²) in [5.74, 6) is -4.76. The third-order valence-electron chi connectivity index (χ3n) is 11.5. The second-order valence-corrected chi connectivity index (χ2v) is 16.2. The van der Waals surface area contributed by atoms with Crippen LogP contribution in [0.15, 0.2) is 72.8 Å². The first-order valence-electron chi connectivity index (χ1n) is 18.9. The number of alkyl carbamates (subject to hydrolysis) is 1. The molecular formula is C43H52F4N2O5. The van der Waals surface area contributed by atoms with Gasteiger partial charge in [0.25, 0.3) is 0 Å². The minimum absolute atomic E-state index is 0.00737. The molecule has 3 aliphatic rings. The molecule has 0 spiro atoms. The van der Waals surface area contributed by atoms with Crippen LogP contribution in [0.5, 0.6) is 11.5 Å². The lowest BCUT2D eigenvalue weighted by Gasteiger charge is -2.32. The van der Waals surface area contributed by atoms with Crippen molar-refractivity contribution in [1.82, 2.24) is 5.32 Å². The zero-order chi connectivity index (χ0) is 38.9. The van der Waals surface area contributed by atoms with Gasteiger partial charge in [-0.2, -0.15) is 0 Å². The fourth-order valence-corrected chi connectivity index (χ4v) is 7.81. The van der Waals surface area contributed by atoms with E-state index in [1.807, 2.05) is 79.7 Å². The number of aliphatic hydroxyl groups excluding tert-OH is 1. The molecular weight excluding hydrogens is 700 g/mol. The molecule has 4 aromatic carbocycles. The van der Waals surface area contributed by atoms with Gasteiger partial charge in [-0.25, -0.2) is 22.4 Å². The van der Waals surface area contributed by atoms with Crippen LogP contribution in [0.1, 0.15) is 90.2 Å². The number of nitrogens with two attached hydrogens (primary N) is 1. The fourth-order valence-electron chi connectivity index (χ4n) is 7.81. The molecule has 0 radical (unpaired) electrons. The van der Waals surface area contributed by atoms with Crippen LogP contribution in [-0.4, -0.2) is 48.5 Å². The quantitative estimate of drug-likeness (QED) is 0.147. The van der Waals surface area contributed by atoms with Gasteiger partial charge >= 0.3 is 6.09 Å². The topological polar surface area (TPSA) is 103 Å². The second kappa shape index (κ2) is 15.6. The van der Waals surface area contributed by atoms with E-state index in [0.29, 0.717) is 58.0 Å². The zero-order valence-corrected chi connectivity index (χ0v) is 31.5. The number of rotatable bonds is 9. The molecule has 54 heavy (non-hydrogen) atoms. The molecule has 2 aliphatic carbocycles. The number of carbonyl (C=O) groups is 1. The lowest BCUT2D eigenvalue weighted by Crippen LogP contribution is -2.37. The van der Waals surface area contributed by atoms with Crippen LogP contribution >= 0.6 is 0 Å². The van der Waals surface area contributed by atoms with E-state index >= 15 is 0 Å². The molecule has 1 amide bonds. The van der Waals surface area contributed by atoms with Gasteiger partial charge < -0.3 is 30.4 Å². The number of alkyl halides is 4. The Balaban J connectivity index is 0.000000185. The summed E-state index contributed by atoms with van der Waals surface area (Å²) in [5.41, 5.74) is 6.65. The summed E-state index contributed by atoms with van der Waals surface area (Å²) in [6.45, 7) is 5.94. The molecule has 3 fully saturated rings. The Hall–Kier alpha value is -4.09. The largest absolute Gasteiger partial charge is 0.490 e. The van der Waals surface area contributed by atoms with Crippen molar-refractivity contribution in [3.8, 4) is 11.5 Å². The van der Waals surface area contributed by atoms with Crippen molar-refractivity contribution in [1.29, 1.82) is 0 Å². The number of carbonyl (C=O) groups excluding carboxylic acids is 1. The first kappa shape index (κ1) is 39.6. The monoisotopic (exact) mass is 752 g/mol. The fraction of sp³-hybridized carbons (Fsp3) is 0.512. The van der Waals surface area contributed by atoms with Crippen LogP contribution in [0.3, 0.4) is 0 Å². The van der Waals surface area contributed by atoms with Crippen molar-refractivity contribution in [3.63, 3.8) is 0 Å². The zero-order valence-electron chi connectivity index (χ0n) is 31.5. The maximum Gasteiger partial charge on any atom is 0.408 e. The third-order valence-corrected chi connectivity index (χ3v) is 11.5. The normalized spacial score (nSPS) is 25.9. The summed E-state index contributed by atoms with van der Waals surface area (Å²) in [6.07, 6.45) is 4.21. The first-order chi connectivity index (χ1) is 25.4. The Labute approximate surface area is 314 Å². The number of amides is 1. The van der Waals surface area contributed by atoms with Gasteiger partial charge in [-0.3, -0.25) is 0 Å². The molecule has 7 nitrogen and oxygen atoms in total. The average Bonchev–Trinajstić information content (AvgIpc) is 3.50. The van der Waals surface area contributed by atoms with E-state index in [1.54, 1.807) is 6.92 Å². The van der Waals surface area contributed by atoms with Crippen LogP contribution in [0, 0.1) is 11.8 Å². The number of benzene rings is 4. The number of halogens is 4. The summed E-state index contributed by atoms with van der Waals surface area (Å²) in [4.78, 5) is 11.4. The van der Waals surface area contributed by atoms with Gasteiger partial charge in [-0.05, 0) is 148 Å². The van der Waals surface area contributed by atoms with Crippen molar-refractivity contribution in [3.05, 3.63) is 83.9 Å². The van der Waals surface area contributed by atoms with Crippen LogP contribution in [0.4, 0.5) is 22.4 Å². The van der Waals surface area contributed by atoms with Crippen LogP contribution in [0.25, 0.3) is 21.5 Å². The SMILES string of the molecule is CC(F)(F)C1CCC(Oc2ccc3cc([C@@](C)(N)CO)ccc3c2)CC1.CC(F)(F)C1CCC(Oc2ccc3cc([C@]4(C)COC(=O)N4)ccc3c2)CC1. The predicted molar refractivity (Wildman–Crippen MR) is 202 cm³/mol. The average molecular weight is 753 g/mol. The summed E-state index contributed by atoms with van der Waals surface area (Å²) < 4.78 is 70.9. The molecule has 292 valence electrons. The third kappa shape index (κ3) is 9.40. The van der Waals surface area contributed by atoms with E-state index in [9.17, 15) is 27.5 Å². The van der Waals surface area contributed by atoms with Gasteiger partial charge in [-0.1, -0.05) is 36.4 Å². The molecule has 0 unspecified atom stereocenters. The maximum atomic E-state index is 13.5. The Morgan fingerprint density at radius 1 is 0.722 bits per heavy atom. The summed E-state index contributed by atoms with van der Waals surface area (Å²) in [6, 6.07) is 23.6. The minimum atomic E-state index is -2.61.